The van der Waals surface area contributed by atoms with Crippen LogP contribution in [-0.2, 0) is 4.79 Å². The molecule has 3 unspecified atom stereocenters. The van der Waals surface area contributed by atoms with Gasteiger partial charge in [0.05, 0.1) is 0 Å². The van der Waals surface area contributed by atoms with Gasteiger partial charge in [-0.05, 0) is 30.9 Å². The highest BCUT2D eigenvalue weighted by molar-refractivity contribution is 9.09. The maximum atomic E-state index is 12.2. The van der Waals surface area contributed by atoms with Crippen LogP contribution in [0.1, 0.15) is 39.0 Å². The summed E-state index contributed by atoms with van der Waals surface area (Å²) in [5.74, 6) is 3.45. The van der Waals surface area contributed by atoms with Crippen LogP contribution in [0.2, 0.25) is 0 Å². The lowest BCUT2D eigenvalue weighted by Gasteiger charge is -2.40. The summed E-state index contributed by atoms with van der Waals surface area (Å²) in [5.41, 5.74) is 0.0298. The predicted molar refractivity (Wildman–Crippen MR) is 77.7 cm³/mol. The van der Waals surface area contributed by atoms with E-state index in [1.54, 1.807) is 0 Å². The third-order valence-electron chi connectivity index (χ3n) is 4.04. The molecule has 2 rings (SSSR count). The normalized spacial score (nSPS) is 38.0. The summed E-state index contributed by atoms with van der Waals surface area (Å²) in [4.78, 5) is 12.2. The monoisotopic (exact) mass is 319 g/mol. The van der Waals surface area contributed by atoms with Gasteiger partial charge < -0.3 is 5.32 Å². The quantitative estimate of drug-likeness (QED) is 0.809. The van der Waals surface area contributed by atoms with Gasteiger partial charge in [-0.15, -0.1) is 0 Å². The van der Waals surface area contributed by atoms with E-state index in [1.165, 1.54) is 12.8 Å². The highest BCUT2D eigenvalue weighted by Gasteiger charge is 2.37. The molecule has 0 aromatic heterocycles. The first-order valence-corrected chi connectivity index (χ1v) is 8.88. The highest BCUT2D eigenvalue weighted by Crippen LogP contribution is 2.34. The van der Waals surface area contributed by atoms with Crippen LogP contribution >= 0.6 is 27.7 Å². The van der Waals surface area contributed by atoms with Crippen molar-refractivity contribution in [3.8, 4) is 0 Å². The molecule has 2 aliphatic rings. The fraction of sp³-hybridized carbons (Fsp3) is 0.923. The molecular formula is C13H22BrNOS. The zero-order chi connectivity index (χ0) is 12.3. The minimum Gasteiger partial charge on any atom is -0.350 e. The zero-order valence-corrected chi connectivity index (χ0v) is 12.9. The lowest BCUT2D eigenvalue weighted by molar-refractivity contribution is -0.126. The second kappa shape index (κ2) is 5.96. The van der Waals surface area contributed by atoms with Gasteiger partial charge in [0.1, 0.15) is 0 Å². The lowest BCUT2D eigenvalue weighted by Crippen LogP contribution is -2.54. The molecule has 1 amide bonds. The number of halogens is 1. The van der Waals surface area contributed by atoms with Crippen molar-refractivity contribution in [3.63, 3.8) is 0 Å². The predicted octanol–water partition coefficient (Wildman–Crippen LogP) is 3.20. The van der Waals surface area contributed by atoms with Gasteiger partial charge in [0, 0.05) is 22.5 Å². The molecular weight excluding hydrogens is 298 g/mol. The van der Waals surface area contributed by atoms with Crippen LogP contribution in [0.15, 0.2) is 0 Å². The van der Waals surface area contributed by atoms with Gasteiger partial charge in [0.15, 0.2) is 0 Å². The van der Waals surface area contributed by atoms with E-state index in [0.29, 0.717) is 5.91 Å². The fourth-order valence-electron chi connectivity index (χ4n) is 3.03. The molecule has 0 aromatic rings. The Morgan fingerprint density at radius 1 is 1.53 bits per heavy atom. The number of thioether (sulfide) groups is 1. The first kappa shape index (κ1) is 13.7. The summed E-state index contributed by atoms with van der Waals surface area (Å²) in [5, 5.41) is 4.25. The van der Waals surface area contributed by atoms with Gasteiger partial charge in [-0.3, -0.25) is 4.79 Å². The molecule has 1 saturated heterocycles. The molecule has 3 atom stereocenters. The van der Waals surface area contributed by atoms with Crippen LogP contribution in [-0.4, -0.2) is 28.3 Å². The van der Waals surface area contributed by atoms with E-state index in [9.17, 15) is 4.79 Å². The summed E-state index contributed by atoms with van der Waals surface area (Å²) in [6.07, 6.45) is 5.87. The second-order valence-corrected chi connectivity index (χ2v) is 7.38. The third kappa shape index (κ3) is 3.40. The molecule has 0 radical (unpaired) electrons. The van der Waals surface area contributed by atoms with E-state index in [-0.39, 0.29) is 11.5 Å². The SMILES string of the molecule is CC1CCCC(CBr)(NC(=O)C2CCSC2)C1. The Kier molecular flexibility index (Phi) is 4.81. The first-order chi connectivity index (χ1) is 8.15. The van der Waals surface area contributed by atoms with E-state index in [4.69, 9.17) is 0 Å². The summed E-state index contributed by atoms with van der Waals surface area (Å²) < 4.78 is 0. The van der Waals surface area contributed by atoms with Crippen molar-refractivity contribution in [2.45, 2.75) is 44.6 Å². The maximum absolute atomic E-state index is 12.2. The van der Waals surface area contributed by atoms with Gasteiger partial charge in [0.2, 0.25) is 5.91 Å². The highest BCUT2D eigenvalue weighted by atomic mass is 79.9. The Hall–Kier alpha value is 0.300. The average Bonchev–Trinajstić information content (AvgIpc) is 2.82. The Balaban J connectivity index is 1.95. The smallest absolute Gasteiger partial charge is 0.224 e. The number of rotatable bonds is 3. The molecule has 4 heteroatoms. The van der Waals surface area contributed by atoms with Crippen LogP contribution < -0.4 is 5.32 Å². The van der Waals surface area contributed by atoms with Crippen molar-refractivity contribution in [1.29, 1.82) is 0 Å². The molecule has 1 aliphatic carbocycles. The van der Waals surface area contributed by atoms with Gasteiger partial charge >= 0.3 is 0 Å². The number of nitrogens with one attached hydrogen (secondary N) is 1. The van der Waals surface area contributed by atoms with E-state index in [0.717, 1.165) is 42.0 Å². The van der Waals surface area contributed by atoms with E-state index in [1.807, 2.05) is 11.8 Å². The summed E-state index contributed by atoms with van der Waals surface area (Å²) in [7, 11) is 0. The van der Waals surface area contributed by atoms with Crippen LogP contribution in [0, 0.1) is 11.8 Å². The molecule has 1 saturated carbocycles. The number of carbonyl (C=O) groups is 1. The van der Waals surface area contributed by atoms with Gasteiger partial charge in [-0.1, -0.05) is 35.7 Å². The second-order valence-electron chi connectivity index (χ2n) is 5.67. The third-order valence-corrected chi connectivity index (χ3v) is 6.27. The molecule has 1 heterocycles. The number of alkyl halides is 1. The number of amides is 1. The van der Waals surface area contributed by atoms with Crippen molar-refractivity contribution in [1.82, 2.24) is 5.32 Å². The summed E-state index contributed by atoms with van der Waals surface area (Å²) >= 11 is 5.52. The number of hydrogen-bond acceptors (Lipinski definition) is 2. The number of hydrogen-bond donors (Lipinski definition) is 1. The fourth-order valence-corrected chi connectivity index (χ4v) is 4.90. The lowest BCUT2D eigenvalue weighted by atomic mass is 9.77. The van der Waals surface area contributed by atoms with Crippen LogP contribution in [0.4, 0.5) is 0 Å². The molecule has 17 heavy (non-hydrogen) atoms. The molecule has 0 bridgehead atoms. The molecule has 2 nitrogen and oxygen atoms in total. The Morgan fingerprint density at radius 2 is 2.35 bits per heavy atom. The Morgan fingerprint density at radius 3 is 2.94 bits per heavy atom. The van der Waals surface area contributed by atoms with E-state index >= 15 is 0 Å². The van der Waals surface area contributed by atoms with Crippen molar-refractivity contribution < 1.29 is 4.79 Å². The molecule has 98 valence electrons. The molecule has 1 aliphatic heterocycles. The van der Waals surface area contributed by atoms with Gasteiger partial charge in [-0.25, -0.2) is 0 Å². The van der Waals surface area contributed by atoms with Crippen molar-refractivity contribution in [2.75, 3.05) is 16.8 Å². The largest absolute Gasteiger partial charge is 0.350 e. The first-order valence-electron chi connectivity index (χ1n) is 6.61. The minimum absolute atomic E-state index is 0.0298. The standard InChI is InChI=1S/C13H22BrNOS/c1-10-3-2-5-13(7-10,9-14)15-12(16)11-4-6-17-8-11/h10-11H,2-9H2,1H3,(H,15,16). The molecule has 1 N–H and O–H groups in total. The topological polar surface area (TPSA) is 29.1 Å². The minimum atomic E-state index is 0.0298. The summed E-state index contributed by atoms with van der Waals surface area (Å²) in [6.45, 7) is 2.30. The van der Waals surface area contributed by atoms with Gasteiger partial charge in [0.25, 0.3) is 0 Å². The van der Waals surface area contributed by atoms with Crippen LogP contribution in [0.25, 0.3) is 0 Å². The van der Waals surface area contributed by atoms with Crippen LogP contribution in [0.5, 0.6) is 0 Å². The zero-order valence-electron chi connectivity index (χ0n) is 10.5. The van der Waals surface area contributed by atoms with Crippen molar-refractivity contribution in [3.05, 3.63) is 0 Å². The van der Waals surface area contributed by atoms with E-state index < -0.39 is 0 Å². The Labute approximate surface area is 117 Å². The van der Waals surface area contributed by atoms with E-state index in [2.05, 4.69) is 28.2 Å². The Bertz CT molecular complexity index is 281. The van der Waals surface area contributed by atoms with Crippen molar-refractivity contribution in [2.24, 2.45) is 11.8 Å². The average molecular weight is 320 g/mol. The van der Waals surface area contributed by atoms with Crippen molar-refractivity contribution >= 4 is 33.6 Å². The molecule has 2 fully saturated rings. The maximum Gasteiger partial charge on any atom is 0.224 e. The summed E-state index contributed by atoms with van der Waals surface area (Å²) in [6, 6.07) is 0. The van der Waals surface area contributed by atoms with Gasteiger partial charge in [-0.2, -0.15) is 11.8 Å². The van der Waals surface area contributed by atoms with Crippen LogP contribution in [0.3, 0.4) is 0 Å². The molecule has 0 aromatic carbocycles. The number of carbonyl (C=O) groups excluding carboxylic acids is 1. The molecule has 0 spiro atoms.